The molecule has 5 nitrogen and oxygen atoms in total. The van der Waals surface area contributed by atoms with Gasteiger partial charge in [0.15, 0.2) is 0 Å². The van der Waals surface area contributed by atoms with Crippen molar-refractivity contribution in [3.8, 4) is 0 Å². The number of thioether (sulfide) groups is 1. The SMILES string of the molecule is O=C(CCSc1ccc(Cl)cc1)N1CCC(NS(=O)(=O)c2ccc(F)cc2)CC1. The standard InChI is InChI=1S/C20H22ClFN2O3S2/c21-15-1-5-18(6-2-15)28-14-11-20(25)24-12-9-17(10-13-24)23-29(26,27)19-7-3-16(22)4-8-19/h1-8,17,23H,9-14H2. The molecular weight excluding hydrogens is 435 g/mol. The molecule has 1 saturated heterocycles. The van der Waals surface area contributed by atoms with Crippen LogP contribution >= 0.6 is 23.4 Å². The van der Waals surface area contributed by atoms with Crippen LogP contribution in [0, 0.1) is 5.82 Å². The molecule has 1 N–H and O–H groups in total. The molecule has 2 aromatic rings. The minimum atomic E-state index is -3.70. The Labute approximate surface area is 179 Å². The molecule has 1 aliphatic rings. The van der Waals surface area contributed by atoms with Crippen LogP contribution in [0.25, 0.3) is 0 Å². The third kappa shape index (κ3) is 6.44. The van der Waals surface area contributed by atoms with E-state index >= 15 is 0 Å². The minimum Gasteiger partial charge on any atom is -0.343 e. The normalized spacial score (nSPS) is 15.4. The number of hydrogen-bond donors (Lipinski definition) is 1. The van der Waals surface area contributed by atoms with Crippen LogP contribution in [0.1, 0.15) is 19.3 Å². The molecule has 9 heteroatoms. The van der Waals surface area contributed by atoms with Crippen LogP contribution in [0.4, 0.5) is 4.39 Å². The zero-order valence-corrected chi connectivity index (χ0v) is 18.1. The average molecular weight is 457 g/mol. The summed E-state index contributed by atoms with van der Waals surface area (Å²) in [5, 5.41) is 0.684. The van der Waals surface area contributed by atoms with Crippen LogP contribution in [-0.4, -0.2) is 44.1 Å². The summed E-state index contributed by atoms with van der Waals surface area (Å²) in [6, 6.07) is 12.0. The number of likely N-dealkylation sites (tertiary alicyclic amines) is 1. The first-order valence-corrected chi connectivity index (χ1v) is 12.1. The third-order valence-electron chi connectivity index (χ3n) is 4.69. The van der Waals surface area contributed by atoms with E-state index < -0.39 is 15.8 Å². The maximum Gasteiger partial charge on any atom is 0.240 e. The Hall–Kier alpha value is -1.61. The molecule has 0 atom stereocenters. The minimum absolute atomic E-state index is 0.0385. The van der Waals surface area contributed by atoms with Gasteiger partial charge in [0.2, 0.25) is 15.9 Å². The first-order valence-electron chi connectivity index (χ1n) is 9.27. The van der Waals surface area contributed by atoms with Crippen LogP contribution in [-0.2, 0) is 14.8 Å². The lowest BCUT2D eigenvalue weighted by atomic mass is 10.1. The highest BCUT2D eigenvalue weighted by Gasteiger charge is 2.26. The molecule has 0 saturated carbocycles. The summed E-state index contributed by atoms with van der Waals surface area (Å²) in [5.74, 6) is 0.272. The van der Waals surface area contributed by atoms with Gasteiger partial charge in [0.25, 0.3) is 0 Å². The van der Waals surface area contributed by atoms with Crippen molar-refractivity contribution in [2.24, 2.45) is 0 Å². The number of nitrogens with zero attached hydrogens (tertiary/aromatic N) is 1. The van der Waals surface area contributed by atoms with E-state index in [1.807, 2.05) is 24.3 Å². The molecule has 1 heterocycles. The number of benzene rings is 2. The Morgan fingerprint density at radius 3 is 2.34 bits per heavy atom. The molecular formula is C20H22ClFN2O3S2. The molecule has 156 valence electrons. The number of nitrogens with one attached hydrogen (secondary N) is 1. The van der Waals surface area contributed by atoms with E-state index in [0.717, 1.165) is 17.0 Å². The van der Waals surface area contributed by atoms with Crippen molar-refractivity contribution in [3.63, 3.8) is 0 Å². The van der Waals surface area contributed by atoms with Crippen molar-refractivity contribution < 1.29 is 17.6 Å². The van der Waals surface area contributed by atoms with Gasteiger partial charge >= 0.3 is 0 Å². The Bertz CT molecular complexity index is 929. The van der Waals surface area contributed by atoms with Crippen molar-refractivity contribution >= 4 is 39.3 Å². The highest BCUT2D eigenvalue weighted by molar-refractivity contribution is 7.99. The van der Waals surface area contributed by atoms with Crippen LogP contribution in [0.3, 0.4) is 0 Å². The summed E-state index contributed by atoms with van der Waals surface area (Å²) >= 11 is 7.47. The first-order chi connectivity index (χ1) is 13.8. The lowest BCUT2D eigenvalue weighted by Crippen LogP contribution is -2.46. The topological polar surface area (TPSA) is 66.5 Å². The Kier molecular flexibility index (Phi) is 7.56. The van der Waals surface area contributed by atoms with E-state index in [4.69, 9.17) is 11.6 Å². The number of sulfonamides is 1. The van der Waals surface area contributed by atoms with E-state index in [1.165, 1.54) is 12.1 Å². The van der Waals surface area contributed by atoms with Gasteiger partial charge in [-0.1, -0.05) is 11.6 Å². The van der Waals surface area contributed by atoms with Crippen molar-refractivity contribution in [1.29, 1.82) is 0 Å². The summed E-state index contributed by atoms with van der Waals surface area (Å²) in [5.41, 5.74) is 0. The zero-order chi connectivity index (χ0) is 20.9. The maximum atomic E-state index is 13.0. The molecule has 0 radical (unpaired) electrons. The average Bonchev–Trinajstić information content (AvgIpc) is 2.70. The highest BCUT2D eigenvalue weighted by atomic mass is 35.5. The second-order valence-corrected chi connectivity index (χ2v) is 10.1. The first kappa shape index (κ1) is 22.1. The van der Waals surface area contributed by atoms with Gasteiger partial charge < -0.3 is 4.90 Å². The highest BCUT2D eigenvalue weighted by Crippen LogP contribution is 2.22. The molecule has 0 aromatic heterocycles. The van der Waals surface area contributed by atoms with E-state index in [2.05, 4.69) is 4.72 Å². The van der Waals surface area contributed by atoms with Crippen LogP contribution in [0.5, 0.6) is 0 Å². The fourth-order valence-corrected chi connectivity index (χ4v) is 5.36. The number of amides is 1. The molecule has 0 bridgehead atoms. The number of rotatable bonds is 7. The Morgan fingerprint density at radius 2 is 1.72 bits per heavy atom. The van der Waals surface area contributed by atoms with E-state index in [1.54, 1.807) is 16.7 Å². The van der Waals surface area contributed by atoms with Gasteiger partial charge in [-0.05, 0) is 61.4 Å². The zero-order valence-electron chi connectivity index (χ0n) is 15.7. The predicted molar refractivity (Wildman–Crippen MR) is 113 cm³/mol. The third-order valence-corrected chi connectivity index (χ3v) is 7.49. The summed E-state index contributed by atoms with van der Waals surface area (Å²) in [7, 11) is -3.70. The fraction of sp³-hybridized carbons (Fsp3) is 0.350. The number of carbonyl (C=O) groups excluding carboxylic acids is 1. The monoisotopic (exact) mass is 456 g/mol. The van der Waals surface area contributed by atoms with E-state index in [9.17, 15) is 17.6 Å². The number of hydrogen-bond acceptors (Lipinski definition) is 4. The van der Waals surface area contributed by atoms with Crippen molar-refractivity contribution in [3.05, 3.63) is 59.4 Å². The molecule has 3 rings (SSSR count). The number of piperidine rings is 1. The molecule has 1 aliphatic heterocycles. The van der Waals surface area contributed by atoms with Crippen molar-refractivity contribution in [2.75, 3.05) is 18.8 Å². The second kappa shape index (κ2) is 9.93. The molecule has 1 fully saturated rings. The molecule has 2 aromatic carbocycles. The predicted octanol–water partition coefficient (Wildman–Crippen LogP) is 3.93. The molecule has 0 aliphatic carbocycles. The lowest BCUT2D eigenvalue weighted by molar-refractivity contribution is -0.131. The summed E-state index contributed by atoms with van der Waals surface area (Å²) in [6.45, 7) is 1.03. The van der Waals surface area contributed by atoms with Gasteiger partial charge in [0.05, 0.1) is 4.90 Å². The van der Waals surface area contributed by atoms with Gasteiger partial charge in [0.1, 0.15) is 5.82 Å². The summed E-state index contributed by atoms with van der Waals surface area (Å²) < 4.78 is 40.4. The lowest BCUT2D eigenvalue weighted by Gasteiger charge is -2.32. The van der Waals surface area contributed by atoms with E-state index in [0.29, 0.717) is 43.1 Å². The fourth-order valence-electron chi connectivity index (χ4n) is 3.09. The summed E-state index contributed by atoms with van der Waals surface area (Å²) in [6.07, 6.45) is 1.53. The quantitative estimate of drug-likeness (QED) is 0.641. The largest absolute Gasteiger partial charge is 0.343 e. The van der Waals surface area contributed by atoms with Gasteiger partial charge in [-0.15, -0.1) is 11.8 Å². The van der Waals surface area contributed by atoms with Crippen molar-refractivity contribution in [2.45, 2.75) is 35.1 Å². The number of halogens is 2. The second-order valence-electron chi connectivity index (χ2n) is 6.78. The van der Waals surface area contributed by atoms with Crippen LogP contribution in [0.15, 0.2) is 58.3 Å². The van der Waals surface area contributed by atoms with Crippen molar-refractivity contribution in [1.82, 2.24) is 9.62 Å². The van der Waals surface area contributed by atoms with Crippen LogP contribution in [0.2, 0.25) is 5.02 Å². The van der Waals surface area contributed by atoms with Gasteiger partial charge in [-0.2, -0.15) is 0 Å². The smallest absolute Gasteiger partial charge is 0.240 e. The molecule has 29 heavy (non-hydrogen) atoms. The van der Waals surface area contributed by atoms with Gasteiger partial charge in [-0.3, -0.25) is 4.79 Å². The molecule has 1 amide bonds. The van der Waals surface area contributed by atoms with E-state index in [-0.39, 0.29) is 16.8 Å². The number of carbonyl (C=O) groups is 1. The van der Waals surface area contributed by atoms with Gasteiger partial charge in [-0.25, -0.2) is 17.5 Å². The molecule has 0 spiro atoms. The summed E-state index contributed by atoms with van der Waals surface area (Å²) in [4.78, 5) is 15.3. The van der Waals surface area contributed by atoms with Crippen LogP contribution < -0.4 is 4.72 Å². The Balaban J connectivity index is 1.43. The molecule has 0 unspecified atom stereocenters. The Morgan fingerprint density at radius 1 is 1.10 bits per heavy atom. The maximum absolute atomic E-state index is 13.0. The van der Waals surface area contributed by atoms with Gasteiger partial charge in [0, 0.05) is 41.2 Å².